The van der Waals surface area contributed by atoms with Crippen molar-refractivity contribution in [2.75, 3.05) is 18.0 Å². The summed E-state index contributed by atoms with van der Waals surface area (Å²) in [5.41, 5.74) is 4.40. The highest BCUT2D eigenvalue weighted by Crippen LogP contribution is 2.30. The molecule has 1 aromatic rings. The molecule has 0 aromatic heterocycles. The predicted octanol–water partition coefficient (Wildman–Crippen LogP) is 4.30. The van der Waals surface area contributed by atoms with Gasteiger partial charge < -0.3 is 10.2 Å². The van der Waals surface area contributed by atoms with E-state index in [2.05, 4.69) is 34.5 Å². The summed E-state index contributed by atoms with van der Waals surface area (Å²) in [6.45, 7) is 2.97. The van der Waals surface area contributed by atoms with Gasteiger partial charge in [0.25, 0.3) is 0 Å². The normalized spacial score (nSPS) is 24.0. The molecule has 3 rings (SSSR count). The number of halogens is 1. The molecule has 1 heterocycles. The van der Waals surface area contributed by atoms with Gasteiger partial charge >= 0.3 is 0 Å². The van der Waals surface area contributed by atoms with Gasteiger partial charge in [0.05, 0.1) is 0 Å². The van der Waals surface area contributed by atoms with E-state index in [4.69, 9.17) is 11.6 Å². The van der Waals surface area contributed by atoms with Crippen LogP contribution in [0.4, 0.5) is 5.69 Å². The van der Waals surface area contributed by atoms with Crippen molar-refractivity contribution in [2.24, 2.45) is 5.92 Å². The topological polar surface area (TPSA) is 15.3 Å². The number of nitrogens with one attached hydrogen (secondary N) is 1. The Morgan fingerprint density at radius 2 is 2.00 bits per heavy atom. The van der Waals surface area contributed by atoms with Crippen LogP contribution in [0.1, 0.15) is 37.7 Å². The fourth-order valence-electron chi connectivity index (χ4n) is 3.80. The number of fused-ring (bicyclic) bond motifs is 1. The zero-order chi connectivity index (χ0) is 14.5. The quantitative estimate of drug-likeness (QED) is 0.896. The second-order valence-corrected chi connectivity index (χ2v) is 6.53. The number of rotatable bonds is 3. The van der Waals surface area contributed by atoms with Crippen molar-refractivity contribution in [3.8, 4) is 0 Å². The average Bonchev–Trinajstić information content (AvgIpc) is 2.74. The molecular formula is C18H25ClN2. The second kappa shape index (κ2) is 7.33. The van der Waals surface area contributed by atoms with Gasteiger partial charge in [-0.15, -0.1) is 0 Å². The first-order valence-corrected chi connectivity index (χ1v) is 8.63. The van der Waals surface area contributed by atoms with E-state index < -0.39 is 0 Å². The molecule has 1 aromatic carbocycles. The van der Waals surface area contributed by atoms with Crippen molar-refractivity contribution >= 4 is 17.3 Å². The summed E-state index contributed by atoms with van der Waals surface area (Å²) in [6, 6.07) is 9.35. The summed E-state index contributed by atoms with van der Waals surface area (Å²) in [6.07, 6.45) is 9.03. The molecule has 2 aliphatic rings. The molecule has 1 saturated carbocycles. The third-order valence-corrected chi connectivity index (χ3v) is 5.12. The van der Waals surface area contributed by atoms with E-state index in [0.717, 1.165) is 25.6 Å². The monoisotopic (exact) mass is 304 g/mol. The van der Waals surface area contributed by atoms with Crippen molar-refractivity contribution in [2.45, 2.75) is 44.7 Å². The van der Waals surface area contributed by atoms with Gasteiger partial charge in [-0.25, -0.2) is 0 Å². The minimum Gasteiger partial charge on any atom is -0.366 e. The highest BCUT2D eigenvalue weighted by molar-refractivity contribution is 6.25. The molecule has 1 N–H and O–H groups in total. The van der Waals surface area contributed by atoms with Crippen molar-refractivity contribution in [1.29, 1.82) is 0 Å². The van der Waals surface area contributed by atoms with E-state index >= 15 is 0 Å². The van der Waals surface area contributed by atoms with Gasteiger partial charge in [0.1, 0.15) is 0 Å². The summed E-state index contributed by atoms with van der Waals surface area (Å²) in [5, 5.41) is 3.82. The van der Waals surface area contributed by atoms with Crippen LogP contribution in [0.3, 0.4) is 0 Å². The van der Waals surface area contributed by atoms with Crippen LogP contribution >= 0.6 is 11.6 Å². The molecule has 1 atom stereocenters. The number of benzene rings is 1. The minimum atomic E-state index is 0.599. The summed E-state index contributed by atoms with van der Waals surface area (Å²) in [7, 11) is 0. The van der Waals surface area contributed by atoms with Gasteiger partial charge in [-0.05, 0) is 30.4 Å². The van der Waals surface area contributed by atoms with Crippen molar-refractivity contribution in [1.82, 2.24) is 5.32 Å². The number of hydrogen-bond donors (Lipinski definition) is 1. The summed E-state index contributed by atoms with van der Waals surface area (Å²) in [4.78, 5) is 2.48. The van der Waals surface area contributed by atoms with Crippen LogP contribution in [0.5, 0.6) is 0 Å². The van der Waals surface area contributed by atoms with E-state index in [1.54, 1.807) is 5.54 Å². The molecule has 0 radical (unpaired) electrons. The van der Waals surface area contributed by atoms with Crippen LogP contribution in [0.15, 0.2) is 35.9 Å². The van der Waals surface area contributed by atoms with Gasteiger partial charge in [-0.3, -0.25) is 0 Å². The van der Waals surface area contributed by atoms with Crippen molar-refractivity contribution in [3.63, 3.8) is 0 Å². The standard InChI is InChI=1S/C18H25ClN2/c19-11-6-12-21-14-17(15-7-2-1-3-8-15)20-13-16-9-4-5-10-18(16)21/h4-6,9-11,15,17,20H,1-3,7-8,12-14H2/b11-6+. The number of para-hydroxylation sites is 1. The van der Waals surface area contributed by atoms with Gasteiger partial charge in [-0.1, -0.05) is 55.1 Å². The SMILES string of the molecule is Cl/C=C/CN1CC(C2CCCCC2)NCc2ccccc21. The second-order valence-electron chi connectivity index (χ2n) is 6.28. The minimum absolute atomic E-state index is 0.599. The lowest BCUT2D eigenvalue weighted by molar-refractivity contribution is 0.272. The van der Waals surface area contributed by atoms with Crippen LogP contribution in [-0.2, 0) is 6.54 Å². The lowest BCUT2D eigenvalue weighted by Crippen LogP contribution is -2.44. The molecule has 21 heavy (non-hydrogen) atoms. The zero-order valence-electron chi connectivity index (χ0n) is 12.6. The maximum absolute atomic E-state index is 5.75. The van der Waals surface area contributed by atoms with Gasteiger partial charge in [0.2, 0.25) is 0 Å². The van der Waals surface area contributed by atoms with Crippen molar-refractivity contribution in [3.05, 3.63) is 41.4 Å². The predicted molar refractivity (Wildman–Crippen MR) is 90.9 cm³/mol. The molecule has 0 saturated heterocycles. The third-order valence-electron chi connectivity index (χ3n) is 4.94. The Morgan fingerprint density at radius 1 is 1.19 bits per heavy atom. The Labute approximate surface area is 133 Å². The molecule has 3 heteroatoms. The largest absolute Gasteiger partial charge is 0.366 e. The Balaban J connectivity index is 1.79. The maximum atomic E-state index is 5.75. The molecule has 0 spiro atoms. The van der Waals surface area contributed by atoms with Crippen LogP contribution in [-0.4, -0.2) is 19.1 Å². The summed E-state index contributed by atoms with van der Waals surface area (Å²) in [5.74, 6) is 0.829. The molecule has 1 unspecified atom stereocenters. The Morgan fingerprint density at radius 3 is 2.81 bits per heavy atom. The average molecular weight is 305 g/mol. The van der Waals surface area contributed by atoms with Gasteiger partial charge in [0, 0.05) is 36.9 Å². The first-order chi connectivity index (χ1) is 10.4. The lowest BCUT2D eigenvalue weighted by Gasteiger charge is -2.33. The first-order valence-electron chi connectivity index (χ1n) is 8.20. The van der Waals surface area contributed by atoms with E-state index in [1.165, 1.54) is 43.4 Å². The fraction of sp³-hybridized carbons (Fsp3) is 0.556. The van der Waals surface area contributed by atoms with Gasteiger partial charge in [-0.2, -0.15) is 0 Å². The molecule has 1 fully saturated rings. The molecular weight excluding hydrogens is 280 g/mol. The summed E-state index contributed by atoms with van der Waals surface area (Å²) < 4.78 is 0. The zero-order valence-corrected chi connectivity index (χ0v) is 13.4. The highest BCUT2D eigenvalue weighted by Gasteiger charge is 2.28. The third kappa shape index (κ3) is 3.61. The van der Waals surface area contributed by atoms with Crippen LogP contribution in [0.2, 0.25) is 0 Å². The molecule has 1 aliphatic heterocycles. The maximum Gasteiger partial charge on any atom is 0.0415 e. The first kappa shape index (κ1) is 14.9. The fourth-order valence-corrected chi connectivity index (χ4v) is 3.88. The molecule has 0 bridgehead atoms. The molecule has 1 aliphatic carbocycles. The lowest BCUT2D eigenvalue weighted by atomic mass is 9.83. The van der Waals surface area contributed by atoms with E-state index in [0.29, 0.717) is 6.04 Å². The Bertz CT molecular complexity index is 480. The molecule has 0 amide bonds. The van der Waals surface area contributed by atoms with E-state index in [1.807, 2.05) is 6.08 Å². The Hall–Kier alpha value is -0.990. The number of anilines is 1. The number of hydrogen-bond acceptors (Lipinski definition) is 2. The van der Waals surface area contributed by atoms with Crippen LogP contribution in [0, 0.1) is 5.92 Å². The molecule has 114 valence electrons. The van der Waals surface area contributed by atoms with Gasteiger partial charge in [0.15, 0.2) is 0 Å². The van der Waals surface area contributed by atoms with E-state index in [9.17, 15) is 0 Å². The van der Waals surface area contributed by atoms with Crippen LogP contribution < -0.4 is 10.2 Å². The Kier molecular flexibility index (Phi) is 5.21. The number of nitrogens with zero attached hydrogens (tertiary/aromatic N) is 1. The molecule has 2 nitrogen and oxygen atoms in total. The smallest absolute Gasteiger partial charge is 0.0415 e. The summed E-state index contributed by atoms with van der Waals surface area (Å²) >= 11 is 5.75. The van der Waals surface area contributed by atoms with Crippen molar-refractivity contribution < 1.29 is 0 Å². The highest BCUT2D eigenvalue weighted by atomic mass is 35.5. The van der Waals surface area contributed by atoms with Crippen LogP contribution in [0.25, 0.3) is 0 Å². The van der Waals surface area contributed by atoms with E-state index in [-0.39, 0.29) is 0 Å².